The summed E-state index contributed by atoms with van der Waals surface area (Å²) in [4.78, 5) is 11.9. The number of benzene rings is 5. The maximum atomic E-state index is 6.65. The van der Waals surface area contributed by atoms with Gasteiger partial charge in [0.05, 0.1) is 21.3 Å². The molecule has 0 atom stereocenters. The first-order valence-electron chi connectivity index (χ1n) is 15.4. The van der Waals surface area contributed by atoms with E-state index < -0.39 is 5.41 Å². The number of hydrogen-bond acceptors (Lipinski definition) is 4. The zero-order chi connectivity index (χ0) is 29.8. The van der Waals surface area contributed by atoms with Gasteiger partial charge in [-0.25, -0.2) is 9.97 Å². The number of aromatic nitrogens is 2. The third-order valence-corrected chi connectivity index (χ3v) is 10.3. The fraction of sp³-hybridized carbons (Fsp3) is 0.0732. The van der Waals surface area contributed by atoms with Crippen molar-refractivity contribution >= 4 is 27.6 Å². The smallest absolute Gasteiger partial charge is 0.160 e. The van der Waals surface area contributed by atoms with E-state index in [9.17, 15) is 0 Å². The van der Waals surface area contributed by atoms with Crippen LogP contribution in [-0.4, -0.2) is 9.97 Å². The van der Waals surface area contributed by atoms with Crippen LogP contribution in [0.1, 0.15) is 39.1 Å². The molecule has 0 N–H and O–H groups in total. The quantitative estimate of drug-likeness (QED) is 0.203. The molecule has 5 aromatic carbocycles. The van der Waals surface area contributed by atoms with Crippen LogP contribution in [0, 0.1) is 0 Å². The van der Waals surface area contributed by atoms with E-state index in [2.05, 4.69) is 140 Å². The number of fused-ring (bicyclic) bond motifs is 5. The van der Waals surface area contributed by atoms with Crippen molar-refractivity contribution in [1.82, 2.24) is 9.97 Å². The van der Waals surface area contributed by atoms with Crippen molar-refractivity contribution in [3.63, 3.8) is 0 Å². The molecule has 1 aliphatic heterocycles. The molecular weight excluding hydrogens is 569 g/mol. The van der Waals surface area contributed by atoms with Gasteiger partial charge in [-0.1, -0.05) is 115 Å². The number of rotatable bonds is 4. The van der Waals surface area contributed by atoms with Crippen LogP contribution >= 0.6 is 11.3 Å². The number of thiophene rings is 1. The Labute approximate surface area is 266 Å². The van der Waals surface area contributed by atoms with E-state index in [1.54, 1.807) is 11.3 Å². The normalized spacial score (nSPS) is 14.3. The molecule has 9 rings (SSSR count). The van der Waals surface area contributed by atoms with Crippen molar-refractivity contribution in [3.05, 3.63) is 172 Å². The molecule has 0 saturated heterocycles. The fourth-order valence-corrected chi connectivity index (χ4v) is 8.33. The summed E-state index contributed by atoms with van der Waals surface area (Å²) >= 11 is 1.80. The van der Waals surface area contributed by atoms with Gasteiger partial charge in [0, 0.05) is 27.1 Å². The maximum absolute atomic E-state index is 6.65. The average Bonchev–Trinajstić information content (AvgIpc) is 3.50. The lowest BCUT2D eigenvalue weighted by molar-refractivity contribution is 0.434. The van der Waals surface area contributed by atoms with Gasteiger partial charge in [-0.2, -0.15) is 0 Å². The van der Waals surface area contributed by atoms with E-state index in [1.807, 2.05) is 6.07 Å². The Bertz CT molecular complexity index is 2200. The molecule has 0 spiro atoms. The monoisotopic (exact) mass is 596 g/mol. The zero-order valence-electron chi connectivity index (χ0n) is 24.5. The van der Waals surface area contributed by atoms with Gasteiger partial charge in [-0.05, 0) is 59.9 Å². The first kappa shape index (κ1) is 26.1. The molecule has 2 aliphatic rings. The molecular formula is C41H28N2OS. The Morgan fingerprint density at radius 3 is 2.04 bits per heavy atom. The molecule has 0 fully saturated rings. The molecule has 1 aliphatic carbocycles. The van der Waals surface area contributed by atoms with Crippen molar-refractivity contribution < 1.29 is 4.74 Å². The van der Waals surface area contributed by atoms with Crippen LogP contribution in [0.3, 0.4) is 0 Å². The summed E-state index contributed by atoms with van der Waals surface area (Å²) in [6, 6.07) is 47.0. The number of ether oxygens (including phenoxy) is 1. The summed E-state index contributed by atoms with van der Waals surface area (Å²) in [7, 11) is 0. The lowest BCUT2D eigenvalue weighted by Gasteiger charge is -2.41. The number of para-hydroxylation sites is 1. The summed E-state index contributed by atoms with van der Waals surface area (Å²) in [5.74, 6) is 2.44. The highest BCUT2D eigenvalue weighted by atomic mass is 32.1. The third kappa shape index (κ3) is 4.03. The number of aryl methyl sites for hydroxylation is 1. The summed E-state index contributed by atoms with van der Waals surface area (Å²) in [5.41, 5.74) is 9.43. The predicted molar refractivity (Wildman–Crippen MR) is 184 cm³/mol. The van der Waals surface area contributed by atoms with E-state index in [0.29, 0.717) is 0 Å². The first-order chi connectivity index (χ1) is 22.3. The lowest BCUT2D eigenvalue weighted by atomic mass is 9.63. The second kappa shape index (κ2) is 10.4. The van der Waals surface area contributed by atoms with Gasteiger partial charge in [0.2, 0.25) is 0 Å². The molecule has 45 heavy (non-hydrogen) atoms. The van der Waals surface area contributed by atoms with Crippen molar-refractivity contribution in [2.75, 3.05) is 0 Å². The van der Waals surface area contributed by atoms with E-state index in [0.717, 1.165) is 68.3 Å². The minimum atomic E-state index is -0.596. The van der Waals surface area contributed by atoms with Gasteiger partial charge in [0.15, 0.2) is 5.82 Å². The third-order valence-electron chi connectivity index (χ3n) is 9.10. The number of hydrogen-bond donors (Lipinski definition) is 0. The lowest BCUT2D eigenvalue weighted by Crippen LogP contribution is -2.34. The van der Waals surface area contributed by atoms with Crippen LogP contribution in [-0.2, 0) is 11.8 Å². The molecule has 3 nitrogen and oxygen atoms in total. The minimum Gasteiger partial charge on any atom is -0.457 e. The summed E-state index contributed by atoms with van der Waals surface area (Å²) < 4.78 is 7.80. The molecule has 2 aromatic heterocycles. The Hall–Kier alpha value is -5.32. The Balaban J connectivity index is 1.34. The molecule has 7 aromatic rings. The van der Waals surface area contributed by atoms with Gasteiger partial charge in [0.1, 0.15) is 11.5 Å². The highest BCUT2D eigenvalue weighted by Crippen LogP contribution is 2.55. The Morgan fingerprint density at radius 1 is 0.622 bits per heavy atom. The van der Waals surface area contributed by atoms with Crippen molar-refractivity contribution in [1.29, 1.82) is 0 Å². The van der Waals surface area contributed by atoms with E-state index in [4.69, 9.17) is 14.7 Å². The molecule has 0 bridgehead atoms. The Kier molecular flexibility index (Phi) is 6.03. The van der Waals surface area contributed by atoms with Gasteiger partial charge in [-0.15, -0.1) is 11.3 Å². The first-order valence-corrected chi connectivity index (χ1v) is 16.2. The molecule has 0 radical (unpaired) electrons. The molecule has 0 unspecified atom stereocenters. The molecule has 214 valence electrons. The average molecular weight is 597 g/mol. The highest BCUT2D eigenvalue weighted by molar-refractivity contribution is 7.20. The van der Waals surface area contributed by atoms with Gasteiger partial charge in [-0.3, -0.25) is 0 Å². The Morgan fingerprint density at radius 2 is 1.29 bits per heavy atom. The van der Waals surface area contributed by atoms with E-state index in [1.165, 1.54) is 21.6 Å². The molecule has 3 heterocycles. The number of allylic oxidation sites excluding steroid dienone is 1. The van der Waals surface area contributed by atoms with Gasteiger partial charge >= 0.3 is 0 Å². The molecule has 4 heteroatoms. The minimum absolute atomic E-state index is 0.596. The summed E-state index contributed by atoms with van der Waals surface area (Å²) in [6.07, 6.45) is 6.55. The standard InChI is InChI=1S/C41H28N2OS/c1-4-14-27(15-5-1)37-39-38(31-20-10-13-23-36(31)45-39)43-40(42-37)28-24-25-35-33(26-28)41(29-16-6-2-7-17-29,30-18-8-3-9-19-30)32-21-11-12-22-34(32)44-35/h1-9,11-19,21-26H,10,20H2. The van der Waals surface area contributed by atoms with Crippen LogP contribution in [0.15, 0.2) is 140 Å². The largest absolute Gasteiger partial charge is 0.457 e. The SMILES string of the molecule is C1=Cc2sc3c(-c4ccccc4)nc(-c4ccc5c(c4)C(c4ccccc4)(c4ccccc4)c4ccccc4O5)nc3c2CC1. The van der Waals surface area contributed by atoms with Crippen LogP contribution in [0.25, 0.3) is 38.9 Å². The molecule has 0 saturated carbocycles. The van der Waals surface area contributed by atoms with Crippen molar-refractivity contribution in [3.8, 4) is 34.1 Å². The highest BCUT2D eigenvalue weighted by Gasteiger charge is 2.45. The maximum Gasteiger partial charge on any atom is 0.160 e. The van der Waals surface area contributed by atoms with Crippen molar-refractivity contribution in [2.45, 2.75) is 18.3 Å². The van der Waals surface area contributed by atoms with Crippen molar-refractivity contribution in [2.24, 2.45) is 0 Å². The topological polar surface area (TPSA) is 35.0 Å². The van der Waals surface area contributed by atoms with Crippen LogP contribution in [0.5, 0.6) is 11.5 Å². The number of nitrogens with zero attached hydrogens (tertiary/aromatic N) is 2. The summed E-state index contributed by atoms with van der Waals surface area (Å²) in [5, 5.41) is 0. The van der Waals surface area contributed by atoms with E-state index >= 15 is 0 Å². The zero-order valence-corrected chi connectivity index (χ0v) is 25.3. The fourth-order valence-electron chi connectivity index (χ4n) is 7.10. The van der Waals surface area contributed by atoms with Crippen LogP contribution < -0.4 is 4.74 Å². The second-order valence-corrected chi connectivity index (χ2v) is 12.7. The van der Waals surface area contributed by atoms with Gasteiger partial charge < -0.3 is 4.74 Å². The predicted octanol–water partition coefficient (Wildman–Crippen LogP) is 10.5. The van der Waals surface area contributed by atoms with E-state index in [-0.39, 0.29) is 0 Å². The summed E-state index contributed by atoms with van der Waals surface area (Å²) in [6.45, 7) is 0. The van der Waals surface area contributed by atoms with Gasteiger partial charge in [0.25, 0.3) is 0 Å². The second-order valence-electron chi connectivity index (χ2n) is 11.6. The molecule has 0 amide bonds. The van der Waals surface area contributed by atoms with Crippen LogP contribution in [0.4, 0.5) is 0 Å². The van der Waals surface area contributed by atoms with Crippen LogP contribution in [0.2, 0.25) is 0 Å².